The van der Waals surface area contributed by atoms with Gasteiger partial charge in [0.25, 0.3) is 0 Å². The highest BCUT2D eigenvalue weighted by molar-refractivity contribution is 7.87. The number of hydrogen-bond donors (Lipinski definition) is 2. The van der Waals surface area contributed by atoms with E-state index in [1.165, 1.54) is 131 Å². The second-order valence-electron chi connectivity index (χ2n) is 42.1. The third-order valence-electron chi connectivity index (χ3n) is 31.1. The van der Waals surface area contributed by atoms with Crippen LogP contribution in [0.1, 0.15) is 530 Å². The molecule has 0 amide bonds. The summed E-state index contributed by atoms with van der Waals surface area (Å²) in [6.07, 6.45) is 49.5. The highest BCUT2D eigenvalue weighted by atomic mass is 32.2. The molecule has 0 saturated heterocycles. The van der Waals surface area contributed by atoms with Crippen molar-refractivity contribution in [1.82, 2.24) is 0 Å². The number of rotatable bonds is 23. The van der Waals surface area contributed by atoms with Crippen molar-refractivity contribution >= 4 is 60.7 Å². The average molecular weight is 1940 g/mol. The van der Waals surface area contributed by atoms with Crippen LogP contribution in [0.4, 0.5) is 0 Å². The molecule has 0 spiro atoms. The van der Waals surface area contributed by atoms with Crippen LogP contribution in [0.3, 0.4) is 0 Å². The number of aromatic hydroxyl groups is 2. The fourth-order valence-corrected chi connectivity index (χ4v) is 29.8. The fraction of sp³-hybridized carbons (Fsp3) is 0.660. The first-order valence-electron chi connectivity index (χ1n) is 50.6. The highest BCUT2D eigenvalue weighted by Crippen LogP contribution is 2.53. The van der Waals surface area contributed by atoms with E-state index in [-0.39, 0.29) is 124 Å². The van der Waals surface area contributed by atoms with Gasteiger partial charge in [-0.15, -0.1) is 0 Å². The Morgan fingerprint density at radius 3 is 0.674 bits per heavy atom. The number of phenols is 2. The van der Waals surface area contributed by atoms with E-state index in [4.69, 9.17) is 4.18 Å². The molecule has 10 fully saturated rings. The molecule has 0 heterocycles. The van der Waals surface area contributed by atoms with Gasteiger partial charge in [-0.1, -0.05) is 266 Å². The Kier molecular flexibility index (Phi) is 36.5. The maximum absolute atomic E-state index is 14.0. The van der Waals surface area contributed by atoms with E-state index < -0.39 is 60.7 Å². The van der Waals surface area contributed by atoms with Crippen LogP contribution < -0.4 is 4.18 Å². The Balaban J connectivity index is 0.000000150. The van der Waals surface area contributed by atoms with Crippen LogP contribution in [-0.4, -0.2) is 83.5 Å². The predicted octanol–water partition coefficient (Wildman–Crippen LogP) is 27.3. The van der Waals surface area contributed by atoms with Crippen LogP contribution in [-0.2, 0) is 60.7 Å². The van der Waals surface area contributed by atoms with E-state index >= 15 is 0 Å². The van der Waals surface area contributed by atoms with E-state index in [2.05, 4.69) is 38.1 Å². The topological polar surface area (TPSA) is 370 Å². The molecule has 20 nitrogen and oxygen atoms in total. The van der Waals surface area contributed by atoms with Gasteiger partial charge in [0, 0.05) is 11.1 Å². The van der Waals surface area contributed by atoms with Crippen LogP contribution in [0, 0.1) is 0 Å². The van der Waals surface area contributed by atoms with Crippen LogP contribution >= 0.6 is 0 Å². The molecular weight excluding hydrogens is 1790 g/mol. The molecule has 0 radical (unpaired) electrons. The summed E-state index contributed by atoms with van der Waals surface area (Å²) in [5, 5.41) is 20.8. The van der Waals surface area contributed by atoms with E-state index in [1.807, 2.05) is 39.8 Å². The first-order valence-corrected chi connectivity index (χ1v) is 59.0. The number of benzene rings is 6. The Morgan fingerprint density at radius 2 is 0.455 bits per heavy atom. The van der Waals surface area contributed by atoms with Crippen LogP contribution in [0.2, 0.25) is 0 Å². The Labute approximate surface area is 792 Å². The second-order valence-corrected chi connectivity index (χ2v) is 50.3. The van der Waals surface area contributed by atoms with E-state index in [0.717, 1.165) is 233 Å². The summed E-state index contributed by atoms with van der Waals surface area (Å²) in [6.45, 7) is 19.2. The van der Waals surface area contributed by atoms with Gasteiger partial charge < -0.3 is 37.2 Å². The molecule has 6 aromatic carbocycles. The SMILES string of the molecule is CC(C)c1cc(C(C)C)c(S(=O)(=O)Oc2c(C(C)C)cc(S(=O)(=O)[O-])cc2C(C)C)c(C(C)C)c1.O=S(=O)([O-])c1c(C2CCCC2)cc(C2CCCC2)cc1C1CCCC1.O=S(=O)([O-])c1c(C2CCCC2)cc(O)cc1C1CCCC1.O=S(=O)([O-])c1c(C2CCCCC2)cc(C2CCCCC2)cc1C1CCCCC1.O=S(=O)([O-])c1cc(C2CCCCC2)c(O)c(C2CCCCC2)c1. The van der Waals surface area contributed by atoms with E-state index in [9.17, 15) is 83.5 Å². The molecule has 16 rings (SSSR count). The number of hydrogen-bond acceptors (Lipinski definition) is 20. The van der Waals surface area contributed by atoms with Crippen LogP contribution in [0.15, 0.2) is 102 Å². The zero-order valence-corrected chi connectivity index (χ0v) is 85.0. The zero-order chi connectivity index (χ0) is 95.5. The molecular formula is C106H149O20S6-5. The van der Waals surface area contributed by atoms with Crippen molar-refractivity contribution in [2.45, 2.75) is 476 Å². The van der Waals surface area contributed by atoms with E-state index in [1.54, 1.807) is 27.7 Å². The van der Waals surface area contributed by atoms with Crippen molar-refractivity contribution in [2.75, 3.05) is 0 Å². The van der Waals surface area contributed by atoms with Gasteiger partial charge in [0.1, 0.15) is 72.7 Å². The summed E-state index contributed by atoms with van der Waals surface area (Å²) in [6, 6.07) is 20.8. The Morgan fingerprint density at radius 1 is 0.242 bits per heavy atom. The lowest BCUT2D eigenvalue weighted by Crippen LogP contribution is -2.19. The van der Waals surface area contributed by atoms with Gasteiger partial charge in [-0.05, 0) is 326 Å². The molecule has 0 unspecified atom stereocenters. The lowest BCUT2D eigenvalue weighted by molar-refractivity contribution is 0.391. The third-order valence-corrected chi connectivity index (χ3v) is 37.0. The number of phenolic OH excluding ortho intramolecular Hbond substituents is 2. The second kappa shape index (κ2) is 45.9. The van der Waals surface area contributed by atoms with Crippen molar-refractivity contribution in [3.05, 3.63) is 156 Å². The molecule has 132 heavy (non-hydrogen) atoms. The lowest BCUT2D eigenvalue weighted by atomic mass is 9.76. The minimum absolute atomic E-state index is 0.0286. The third kappa shape index (κ3) is 26.6. The van der Waals surface area contributed by atoms with Gasteiger partial charge >= 0.3 is 10.1 Å². The molecule has 26 heteroatoms. The van der Waals surface area contributed by atoms with Gasteiger partial charge in [0.15, 0.2) is 0 Å². The summed E-state index contributed by atoms with van der Waals surface area (Å²) in [5.41, 5.74) is 11.8. The summed E-state index contributed by atoms with van der Waals surface area (Å²) in [5.74, 6) is 2.62. The molecule has 2 N–H and O–H groups in total. The predicted molar refractivity (Wildman–Crippen MR) is 515 cm³/mol. The van der Waals surface area contributed by atoms with Crippen molar-refractivity contribution in [1.29, 1.82) is 0 Å². The van der Waals surface area contributed by atoms with Crippen LogP contribution in [0.5, 0.6) is 17.2 Å². The first-order chi connectivity index (χ1) is 62.4. The molecule has 0 aromatic heterocycles. The zero-order valence-electron chi connectivity index (χ0n) is 80.1. The maximum atomic E-state index is 14.0. The monoisotopic (exact) mass is 1930 g/mol. The van der Waals surface area contributed by atoms with Gasteiger partial charge in [0.05, 0.1) is 24.5 Å². The molecule has 0 aliphatic heterocycles. The quantitative estimate of drug-likeness (QED) is 0.0444. The average Bonchev–Trinajstić information content (AvgIpc) is 1.06. The lowest BCUT2D eigenvalue weighted by Gasteiger charge is -2.33. The molecule has 734 valence electrons. The molecule has 0 bridgehead atoms. The van der Waals surface area contributed by atoms with Gasteiger partial charge in [-0.2, -0.15) is 8.42 Å². The Hall–Kier alpha value is -5.78. The fourth-order valence-electron chi connectivity index (χ4n) is 24.0. The van der Waals surface area contributed by atoms with Gasteiger partial charge in [-0.3, -0.25) is 0 Å². The van der Waals surface area contributed by atoms with Gasteiger partial charge in [0.2, 0.25) is 0 Å². The van der Waals surface area contributed by atoms with E-state index in [0.29, 0.717) is 56.3 Å². The molecule has 10 aliphatic rings. The minimum atomic E-state index is -4.73. The summed E-state index contributed by atoms with van der Waals surface area (Å²) in [4.78, 5) is -0.0621. The van der Waals surface area contributed by atoms with Crippen molar-refractivity contribution in [2.24, 2.45) is 0 Å². The minimum Gasteiger partial charge on any atom is -0.744 e. The maximum Gasteiger partial charge on any atom is 0.339 e. The van der Waals surface area contributed by atoms with Crippen molar-refractivity contribution in [3.8, 4) is 17.2 Å². The summed E-state index contributed by atoms with van der Waals surface area (Å²) in [7, 11) is -26.9. The first kappa shape index (κ1) is 105. The molecule has 6 aromatic rings. The van der Waals surface area contributed by atoms with Crippen molar-refractivity contribution < 1.29 is 87.7 Å². The van der Waals surface area contributed by atoms with Crippen LogP contribution in [0.25, 0.3) is 0 Å². The normalized spacial score (nSPS) is 20.1. The Bertz CT molecular complexity index is 5430. The highest BCUT2D eigenvalue weighted by Gasteiger charge is 2.38. The molecule has 0 atom stereocenters. The molecule has 10 aliphatic carbocycles. The van der Waals surface area contributed by atoms with Crippen molar-refractivity contribution in [3.63, 3.8) is 0 Å². The van der Waals surface area contributed by atoms with Gasteiger partial charge in [-0.25, -0.2) is 42.1 Å². The summed E-state index contributed by atoms with van der Waals surface area (Å²) >= 11 is 0. The molecule has 10 saturated carbocycles. The standard InChI is InChI=1S/C27H40O6S2.C24H36O3S.C21H30O3S.C18H26O4S.C16H22O4S/c1-15(2)20-11-24(18(7)8)27(25(12-20)19(9)10)35(31,32)33-26-22(16(3)4)13-21(34(28,29)30)14-23(26)17(5)6;25-28(26,27)24-22(19-12-6-2-7-13-19)16-21(18-10-4-1-5-11-18)17-23(24)20-14-8-3-9-15-20;22-25(23,24)21-19(16-9-3-4-10-16)13-18(15-7-1-2-8-15)14-20(21)17-11-5-6-12-17;19-18-16(13-7-3-1-4-8-13)11-15(23(20,21)22)12-17(18)14-9-5-2-6-10-14;17-13-9-14(11-5-1-2-6-11)16(21(18,19)20)15(10-13)12-7-3-4-8-12/h11-19H,1-10H3,(H,28,29,30);16-20H,1-15H2,(H,25,26,27);13-17H,1-12H2,(H,22,23,24);11-14,19H,1-10H2,(H,20,21,22);9-12,17H,1-8H2,(H,18,19,20)/p-5. The summed E-state index contributed by atoms with van der Waals surface area (Å²) < 4.78 is 214. The largest absolute Gasteiger partial charge is 0.744 e. The smallest absolute Gasteiger partial charge is 0.339 e.